The monoisotopic (exact) mass is 382 g/mol. The third-order valence-corrected chi connectivity index (χ3v) is 6.56. The summed E-state index contributed by atoms with van der Waals surface area (Å²) in [4.78, 5) is 19.9. The third-order valence-electron chi connectivity index (χ3n) is 6.56. The van der Waals surface area contributed by atoms with Gasteiger partial charge in [-0.2, -0.15) is 0 Å². The zero-order valence-electron chi connectivity index (χ0n) is 16.8. The highest BCUT2D eigenvalue weighted by Crippen LogP contribution is 2.32. The topological polar surface area (TPSA) is 57.0 Å². The van der Waals surface area contributed by atoms with E-state index in [-0.39, 0.29) is 11.9 Å². The second-order valence-electron chi connectivity index (χ2n) is 8.76. The Hall–Kier alpha value is -1.99. The molecular formula is C21H30N6O. The Morgan fingerprint density at radius 2 is 1.89 bits per heavy atom. The van der Waals surface area contributed by atoms with E-state index in [1.54, 1.807) is 0 Å². The smallest absolute Gasteiger partial charge is 0.255 e. The molecule has 7 nitrogen and oxygen atoms in total. The lowest BCUT2D eigenvalue weighted by Gasteiger charge is -2.38. The van der Waals surface area contributed by atoms with Gasteiger partial charge >= 0.3 is 0 Å². The fourth-order valence-corrected chi connectivity index (χ4v) is 4.58. The first-order valence-electron chi connectivity index (χ1n) is 10.8. The molecule has 2 aromatic rings. The van der Waals surface area contributed by atoms with Crippen molar-refractivity contribution in [2.24, 2.45) is 5.92 Å². The normalized spacial score (nSPS) is 24.8. The molecule has 3 fully saturated rings. The third kappa shape index (κ3) is 3.53. The van der Waals surface area contributed by atoms with Gasteiger partial charge in [-0.25, -0.2) is 0 Å². The molecule has 0 radical (unpaired) electrons. The molecule has 7 heteroatoms. The molecule has 1 amide bonds. The number of carbonyl (C=O) groups excluding carboxylic acids is 1. The van der Waals surface area contributed by atoms with E-state index < -0.39 is 0 Å². The Morgan fingerprint density at radius 1 is 1.07 bits per heavy atom. The molecule has 2 saturated heterocycles. The number of likely N-dealkylation sites (tertiary alicyclic amines) is 1. The predicted molar refractivity (Wildman–Crippen MR) is 107 cm³/mol. The molecule has 2 aromatic heterocycles. The summed E-state index contributed by atoms with van der Waals surface area (Å²) in [6, 6.07) is 4.04. The summed E-state index contributed by atoms with van der Waals surface area (Å²) >= 11 is 0. The maximum absolute atomic E-state index is 13.0. The zero-order chi connectivity index (χ0) is 19.1. The number of nitrogens with zero attached hydrogens (tertiary/aromatic N) is 6. The van der Waals surface area contributed by atoms with E-state index in [0.29, 0.717) is 0 Å². The van der Waals surface area contributed by atoms with Gasteiger partial charge in [-0.3, -0.25) is 19.0 Å². The van der Waals surface area contributed by atoms with Crippen molar-refractivity contribution >= 4 is 11.6 Å². The Labute approximate surface area is 166 Å². The van der Waals surface area contributed by atoms with E-state index in [0.717, 1.165) is 68.5 Å². The number of piperidine rings is 1. The molecule has 1 atom stereocenters. The minimum Gasteiger partial charge on any atom is -0.339 e. The summed E-state index contributed by atoms with van der Waals surface area (Å²) in [5.41, 5.74) is 1.56. The average Bonchev–Trinajstić information content (AvgIpc) is 3.45. The van der Waals surface area contributed by atoms with Crippen LogP contribution < -0.4 is 0 Å². The van der Waals surface area contributed by atoms with Gasteiger partial charge in [-0.1, -0.05) is 0 Å². The number of hydrogen-bond donors (Lipinski definition) is 0. The molecular weight excluding hydrogens is 352 g/mol. The highest BCUT2D eigenvalue weighted by atomic mass is 16.2. The number of rotatable bonds is 4. The van der Waals surface area contributed by atoms with Crippen LogP contribution in [0.2, 0.25) is 0 Å². The molecule has 4 heterocycles. The summed E-state index contributed by atoms with van der Waals surface area (Å²) in [5, 5.41) is 8.91. The largest absolute Gasteiger partial charge is 0.339 e. The van der Waals surface area contributed by atoms with Crippen molar-refractivity contribution in [3.8, 4) is 0 Å². The number of hydrogen-bond acceptors (Lipinski definition) is 5. The van der Waals surface area contributed by atoms with Crippen LogP contribution in [0.25, 0.3) is 5.65 Å². The molecule has 0 unspecified atom stereocenters. The summed E-state index contributed by atoms with van der Waals surface area (Å²) < 4.78 is 2.04. The average molecular weight is 383 g/mol. The molecule has 1 aliphatic carbocycles. The number of carbonyl (C=O) groups is 1. The fraction of sp³-hybridized carbons (Fsp3) is 0.667. The van der Waals surface area contributed by atoms with E-state index in [2.05, 4.69) is 27.0 Å². The van der Waals surface area contributed by atoms with Gasteiger partial charge in [0.25, 0.3) is 5.91 Å². The molecule has 1 saturated carbocycles. The molecule has 0 spiro atoms. The van der Waals surface area contributed by atoms with Crippen LogP contribution in [-0.2, 0) is 0 Å². The van der Waals surface area contributed by atoms with Gasteiger partial charge < -0.3 is 4.90 Å². The lowest BCUT2D eigenvalue weighted by Crippen LogP contribution is -2.47. The van der Waals surface area contributed by atoms with E-state index in [9.17, 15) is 4.79 Å². The molecule has 0 aromatic carbocycles. The zero-order valence-corrected chi connectivity index (χ0v) is 16.8. The summed E-state index contributed by atoms with van der Waals surface area (Å²) in [6.07, 6.45) is 8.16. The fourth-order valence-electron chi connectivity index (χ4n) is 4.58. The second-order valence-corrected chi connectivity index (χ2v) is 8.76. The highest BCUT2D eigenvalue weighted by Gasteiger charge is 2.32. The summed E-state index contributed by atoms with van der Waals surface area (Å²) in [7, 11) is 2.17. The van der Waals surface area contributed by atoms with Gasteiger partial charge in [0.05, 0.1) is 11.6 Å². The predicted octanol–water partition coefficient (Wildman–Crippen LogP) is 2.05. The maximum atomic E-state index is 13.0. The van der Waals surface area contributed by atoms with Crippen molar-refractivity contribution in [3.05, 3.63) is 29.7 Å². The SMILES string of the molecule is CN1CCN(CC2CC2)C[C@H]1c1nnc2ccc(C(=O)N3CCCCC3)cn12. The van der Waals surface area contributed by atoms with Crippen LogP contribution in [-0.4, -0.2) is 81.5 Å². The van der Waals surface area contributed by atoms with E-state index in [4.69, 9.17) is 0 Å². The number of fused-ring (bicyclic) bond motifs is 1. The minimum absolute atomic E-state index is 0.133. The van der Waals surface area contributed by atoms with Crippen molar-refractivity contribution in [1.82, 2.24) is 29.3 Å². The molecule has 2 aliphatic heterocycles. The van der Waals surface area contributed by atoms with Crippen molar-refractivity contribution < 1.29 is 4.79 Å². The van der Waals surface area contributed by atoms with Crippen molar-refractivity contribution in [3.63, 3.8) is 0 Å². The number of pyridine rings is 1. The van der Waals surface area contributed by atoms with E-state index in [1.165, 1.54) is 25.8 Å². The second kappa shape index (κ2) is 7.44. The molecule has 3 aliphatic rings. The molecule has 5 rings (SSSR count). The first kappa shape index (κ1) is 18.1. The summed E-state index contributed by atoms with van der Waals surface area (Å²) in [6.45, 7) is 6.09. The van der Waals surface area contributed by atoms with Gasteiger partial charge in [-0.15, -0.1) is 10.2 Å². The molecule has 0 N–H and O–H groups in total. The molecule has 0 bridgehead atoms. The number of likely N-dealkylation sites (N-methyl/N-ethyl adjacent to an activating group) is 1. The first-order valence-corrected chi connectivity index (χ1v) is 10.8. The molecule has 28 heavy (non-hydrogen) atoms. The number of piperazine rings is 1. The van der Waals surface area contributed by atoms with E-state index in [1.807, 2.05) is 27.6 Å². The van der Waals surface area contributed by atoms with Gasteiger partial charge in [0.2, 0.25) is 0 Å². The van der Waals surface area contributed by atoms with Crippen LogP contribution in [0.1, 0.15) is 54.3 Å². The first-order chi connectivity index (χ1) is 13.7. The van der Waals surface area contributed by atoms with Gasteiger partial charge in [-0.05, 0) is 57.2 Å². The van der Waals surface area contributed by atoms with Crippen LogP contribution in [0.4, 0.5) is 0 Å². The van der Waals surface area contributed by atoms with Crippen LogP contribution in [0.15, 0.2) is 18.3 Å². The van der Waals surface area contributed by atoms with Crippen LogP contribution in [0.3, 0.4) is 0 Å². The van der Waals surface area contributed by atoms with Crippen LogP contribution in [0.5, 0.6) is 0 Å². The standard InChI is InChI=1S/C21H30N6O/c1-24-11-12-25(13-16-5-6-16)15-18(24)20-23-22-19-8-7-17(14-27(19)20)21(28)26-9-3-2-4-10-26/h7-8,14,16,18H,2-6,9-13,15H2,1H3/t18-/m0/s1. The van der Waals surface area contributed by atoms with Gasteiger partial charge in [0, 0.05) is 45.5 Å². The van der Waals surface area contributed by atoms with Crippen LogP contribution in [0, 0.1) is 5.92 Å². The van der Waals surface area contributed by atoms with Gasteiger partial charge in [0.1, 0.15) is 0 Å². The quantitative estimate of drug-likeness (QED) is 0.810. The maximum Gasteiger partial charge on any atom is 0.255 e. The minimum atomic E-state index is 0.133. The van der Waals surface area contributed by atoms with E-state index >= 15 is 0 Å². The summed E-state index contributed by atoms with van der Waals surface area (Å²) in [5.74, 6) is 1.98. The van der Waals surface area contributed by atoms with Crippen molar-refractivity contribution in [2.75, 3.05) is 46.3 Å². The molecule has 150 valence electrons. The Kier molecular flexibility index (Phi) is 4.80. The highest BCUT2D eigenvalue weighted by molar-refractivity contribution is 5.94. The van der Waals surface area contributed by atoms with Crippen molar-refractivity contribution in [2.45, 2.75) is 38.1 Å². The number of amides is 1. The van der Waals surface area contributed by atoms with Gasteiger partial charge in [0.15, 0.2) is 11.5 Å². The lowest BCUT2D eigenvalue weighted by molar-refractivity contribution is 0.0723. The van der Waals surface area contributed by atoms with Crippen LogP contribution >= 0.6 is 0 Å². The Bertz CT molecular complexity index is 854. The Morgan fingerprint density at radius 3 is 2.68 bits per heavy atom. The number of aromatic nitrogens is 3. The Balaban J connectivity index is 1.41. The lowest BCUT2D eigenvalue weighted by atomic mass is 10.1. The van der Waals surface area contributed by atoms with Crippen molar-refractivity contribution in [1.29, 1.82) is 0 Å².